The van der Waals surface area contributed by atoms with Crippen molar-refractivity contribution in [2.45, 2.75) is 24.8 Å². The van der Waals surface area contributed by atoms with Crippen molar-refractivity contribution in [3.63, 3.8) is 0 Å². The molecule has 3 aromatic rings. The molecule has 5 nitrogen and oxygen atoms in total. The largest absolute Gasteiger partial charge is 0.497 e. The fraction of sp³-hybridized carbons (Fsp3) is 0.259. The number of likely N-dealkylation sites (N-methyl/N-ethyl adjacent to an activating group) is 1. The molecule has 0 aromatic heterocycles. The zero-order valence-electron chi connectivity index (χ0n) is 19.4. The normalized spacial score (nSPS) is 11.5. The van der Waals surface area contributed by atoms with E-state index in [9.17, 15) is 9.59 Å². The molecule has 178 valence electrons. The molecule has 34 heavy (non-hydrogen) atoms. The van der Waals surface area contributed by atoms with Crippen LogP contribution >= 0.6 is 23.4 Å². The molecule has 1 atom stereocenters. The fourth-order valence-electron chi connectivity index (χ4n) is 3.63. The SMILES string of the molecule is CNC(=O)C(Cc1ccccc1)N(Cc1cccc(OC)c1)C(=O)CSCc1ccccc1Cl. The third-order valence-electron chi connectivity index (χ3n) is 5.45. The molecule has 0 aliphatic heterocycles. The minimum Gasteiger partial charge on any atom is -0.497 e. The molecule has 1 N–H and O–H groups in total. The zero-order valence-corrected chi connectivity index (χ0v) is 20.9. The van der Waals surface area contributed by atoms with Gasteiger partial charge in [-0.05, 0) is 34.9 Å². The molecule has 0 bridgehead atoms. The highest BCUT2D eigenvalue weighted by molar-refractivity contribution is 7.99. The van der Waals surface area contributed by atoms with Crippen LogP contribution in [0, 0.1) is 0 Å². The Balaban J connectivity index is 1.83. The summed E-state index contributed by atoms with van der Waals surface area (Å²) in [6, 6.07) is 24.3. The molecule has 0 saturated carbocycles. The maximum atomic E-state index is 13.5. The van der Waals surface area contributed by atoms with Crippen LogP contribution in [-0.2, 0) is 28.3 Å². The Morgan fingerprint density at radius 3 is 2.41 bits per heavy atom. The van der Waals surface area contributed by atoms with Crippen molar-refractivity contribution in [2.24, 2.45) is 0 Å². The predicted octanol–water partition coefficient (Wildman–Crippen LogP) is 4.97. The second-order valence-electron chi connectivity index (χ2n) is 7.78. The Bertz CT molecular complexity index is 1090. The molecule has 7 heteroatoms. The van der Waals surface area contributed by atoms with E-state index in [0.29, 0.717) is 29.5 Å². The monoisotopic (exact) mass is 496 g/mol. The highest BCUT2D eigenvalue weighted by Crippen LogP contribution is 2.23. The number of carbonyl (C=O) groups excluding carboxylic acids is 2. The van der Waals surface area contributed by atoms with Crippen LogP contribution < -0.4 is 10.1 Å². The molecule has 0 saturated heterocycles. The van der Waals surface area contributed by atoms with Crippen LogP contribution in [0.2, 0.25) is 5.02 Å². The standard InChI is InChI=1S/C27H29ClN2O3S/c1-29-27(32)25(16-20-9-4-3-5-10-20)30(17-21-11-8-13-23(15-21)33-2)26(31)19-34-18-22-12-6-7-14-24(22)28/h3-15,25H,16-19H2,1-2H3,(H,29,32). The zero-order chi connectivity index (χ0) is 24.3. The number of amides is 2. The number of thioether (sulfide) groups is 1. The van der Waals surface area contributed by atoms with E-state index in [1.807, 2.05) is 78.9 Å². The van der Waals surface area contributed by atoms with Crippen molar-refractivity contribution in [1.82, 2.24) is 10.2 Å². The van der Waals surface area contributed by atoms with Crippen molar-refractivity contribution in [2.75, 3.05) is 19.9 Å². The summed E-state index contributed by atoms with van der Waals surface area (Å²) in [5.74, 6) is 1.25. The summed E-state index contributed by atoms with van der Waals surface area (Å²) in [5, 5.41) is 3.42. The van der Waals surface area contributed by atoms with Crippen molar-refractivity contribution >= 4 is 35.2 Å². The summed E-state index contributed by atoms with van der Waals surface area (Å²) >= 11 is 7.75. The lowest BCUT2D eigenvalue weighted by Gasteiger charge is -2.31. The van der Waals surface area contributed by atoms with E-state index in [-0.39, 0.29) is 17.6 Å². The topological polar surface area (TPSA) is 58.6 Å². The van der Waals surface area contributed by atoms with Gasteiger partial charge in [-0.25, -0.2) is 0 Å². The predicted molar refractivity (Wildman–Crippen MR) is 139 cm³/mol. The maximum Gasteiger partial charge on any atom is 0.242 e. The first-order chi connectivity index (χ1) is 16.5. The summed E-state index contributed by atoms with van der Waals surface area (Å²) in [7, 11) is 3.21. The molecule has 3 aromatic carbocycles. The van der Waals surface area contributed by atoms with Gasteiger partial charge in [-0.1, -0.05) is 72.3 Å². The number of nitrogens with one attached hydrogen (secondary N) is 1. The highest BCUT2D eigenvalue weighted by atomic mass is 35.5. The van der Waals surface area contributed by atoms with Gasteiger partial charge >= 0.3 is 0 Å². The molecule has 2 amide bonds. The molecule has 0 spiro atoms. The van der Waals surface area contributed by atoms with E-state index in [1.165, 1.54) is 11.8 Å². The van der Waals surface area contributed by atoms with Gasteiger partial charge in [0.25, 0.3) is 0 Å². The lowest BCUT2D eigenvalue weighted by atomic mass is 10.0. The third kappa shape index (κ3) is 7.27. The van der Waals surface area contributed by atoms with E-state index in [0.717, 1.165) is 16.7 Å². The number of benzene rings is 3. The Hall–Kier alpha value is -2.96. The first-order valence-electron chi connectivity index (χ1n) is 11.0. The molecule has 3 rings (SSSR count). The lowest BCUT2D eigenvalue weighted by molar-refractivity contribution is -0.139. The first-order valence-corrected chi connectivity index (χ1v) is 12.5. The molecular weight excluding hydrogens is 468 g/mol. The third-order valence-corrected chi connectivity index (χ3v) is 6.78. The van der Waals surface area contributed by atoms with Crippen molar-refractivity contribution in [1.29, 1.82) is 0 Å². The molecule has 0 aliphatic rings. The van der Waals surface area contributed by atoms with Gasteiger partial charge in [-0.15, -0.1) is 11.8 Å². The number of carbonyl (C=O) groups is 2. The number of ether oxygens (including phenoxy) is 1. The van der Waals surface area contributed by atoms with Gasteiger partial charge in [0.15, 0.2) is 0 Å². The van der Waals surface area contributed by atoms with Gasteiger partial charge in [0.05, 0.1) is 12.9 Å². The fourth-order valence-corrected chi connectivity index (χ4v) is 4.83. The van der Waals surface area contributed by atoms with E-state index in [1.54, 1.807) is 19.1 Å². The maximum absolute atomic E-state index is 13.5. The van der Waals surface area contributed by atoms with Crippen LogP contribution in [0.4, 0.5) is 0 Å². The Morgan fingerprint density at radius 1 is 1.00 bits per heavy atom. The van der Waals surface area contributed by atoms with Gasteiger partial charge in [-0.2, -0.15) is 0 Å². The second-order valence-corrected chi connectivity index (χ2v) is 9.17. The number of nitrogens with zero attached hydrogens (tertiary/aromatic N) is 1. The van der Waals surface area contributed by atoms with E-state index < -0.39 is 6.04 Å². The Kier molecular flexibility index (Phi) is 9.86. The van der Waals surface area contributed by atoms with E-state index >= 15 is 0 Å². The lowest BCUT2D eigenvalue weighted by Crippen LogP contribution is -2.50. The van der Waals surface area contributed by atoms with Crippen molar-refractivity contribution < 1.29 is 14.3 Å². The molecule has 1 unspecified atom stereocenters. The smallest absolute Gasteiger partial charge is 0.242 e. The van der Waals surface area contributed by atoms with Gasteiger partial charge < -0.3 is 15.0 Å². The summed E-state index contributed by atoms with van der Waals surface area (Å²) in [4.78, 5) is 28.1. The van der Waals surface area contributed by atoms with Crippen LogP contribution in [0.5, 0.6) is 5.75 Å². The van der Waals surface area contributed by atoms with Crippen LogP contribution in [0.15, 0.2) is 78.9 Å². The van der Waals surface area contributed by atoms with Crippen LogP contribution in [0.3, 0.4) is 0 Å². The van der Waals surface area contributed by atoms with E-state index in [2.05, 4.69) is 5.32 Å². The van der Waals surface area contributed by atoms with Crippen molar-refractivity contribution in [3.05, 3.63) is 101 Å². The minimum absolute atomic E-state index is 0.107. The van der Waals surface area contributed by atoms with E-state index in [4.69, 9.17) is 16.3 Å². The molecular formula is C27H29ClN2O3S. The average Bonchev–Trinajstić information content (AvgIpc) is 2.87. The number of methoxy groups -OCH3 is 1. The van der Waals surface area contributed by atoms with Crippen LogP contribution in [-0.4, -0.2) is 42.7 Å². The van der Waals surface area contributed by atoms with Gasteiger partial charge in [0.2, 0.25) is 11.8 Å². The summed E-state index contributed by atoms with van der Waals surface area (Å²) in [6.45, 7) is 0.299. The number of rotatable bonds is 11. The first kappa shape index (κ1) is 25.7. The molecule has 0 radical (unpaired) electrons. The summed E-state index contributed by atoms with van der Waals surface area (Å²) in [6.07, 6.45) is 0.422. The van der Waals surface area contributed by atoms with Crippen molar-refractivity contribution in [3.8, 4) is 5.75 Å². The average molecular weight is 497 g/mol. The molecule has 0 heterocycles. The highest BCUT2D eigenvalue weighted by Gasteiger charge is 2.29. The minimum atomic E-state index is -0.646. The second kappa shape index (κ2) is 13.1. The summed E-state index contributed by atoms with van der Waals surface area (Å²) in [5.41, 5.74) is 2.86. The number of hydrogen-bond acceptors (Lipinski definition) is 4. The van der Waals surface area contributed by atoms with Gasteiger partial charge in [0.1, 0.15) is 11.8 Å². The Labute approximate surface area is 210 Å². The number of hydrogen-bond donors (Lipinski definition) is 1. The van der Waals surface area contributed by atoms with Crippen LogP contribution in [0.1, 0.15) is 16.7 Å². The molecule has 0 aliphatic carbocycles. The molecule has 0 fully saturated rings. The Morgan fingerprint density at radius 2 is 1.71 bits per heavy atom. The summed E-state index contributed by atoms with van der Waals surface area (Å²) < 4.78 is 5.35. The van der Waals surface area contributed by atoms with Gasteiger partial charge in [-0.3, -0.25) is 9.59 Å². The van der Waals surface area contributed by atoms with Crippen LogP contribution in [0.25, 0.3) is 0 Å². The number of halogens is 1. The van der Waals surface area contributed by atoms with Gasteiger partial charge in [0, 0.05) is 30.8 Å². The quantitative estimate of drug-likeness (QED) is 0.407.